The molecule has 0 saturated carbocycles. The van der Waals surface area contributed by atoms with Crippen molar-refractivity contribution < 1.29 is 13.9 Å². The molecule has 1 atom stereocenters. The first kappa shape index (κ1) is 31.3. The second-order valence-electron chi connectivity index (χ2n) is 12.0. The molecule has 8 heteroatoms. The lowest BCUT2D eigenvalue weighted by Gasteiger charge is -2.34. The van der Waals surface area contributed by atoms with Gasteiger partial charge in [0.05, 0.1) is 0 Å². The van der Waals surface area contributed by atoms with Gasteiger partial charge in [-0.3, -0.25) is 14.6 Å². The first-order valence-electron chi connectivity index (χ1n) is 15.6. The Kier molecular flexibility index (Phi) is 11.3. The Labute approximate surface area is 256 Å². The largest absolute Gasteiger partial charge is 0.385 e. The van der Waals surface area contributed by atoms with Crippen molar-refractivity contribution in [3.63, 3.8) is 0 Å². The van der Waals surface area contributed by atoms with Crippen LogP contribution in [0.5, 0.6) is 0 Å². The molecule has 2 saturated heterocycles. The molecule has 43 heavy (non-hydrogen) atoms. The van der Waals surface area contributed by atoms with E-state index < -0.39 is 0 Å². The van der Waals surface area contributed by atoms with Crippen LogP contribution in [0, 0.1) is 5.82 Å². The summed E-state index contributed by atoms with van der Waals surface area (Å²) in [6, 6.07) is 21.6. The monoisotopic (exact) mass is 587 g/mol. The summed E-state index contributed by atoms with van der Waals surface area (Å²) in [4.78, 5) is 20.5. The summed E-state index contributed by atoms with van der Waals surface area (Å²) in [5.41, 5.74) is 5.24. The number of nitrogens with zero attached hydrogens (tertiary/aromatic N) is 3. The Bertz CT molecular complexity index is 1340. The zero-order valence-corrected chi connectivity index (χ0v) is 25.7. The van der Waals surface area contributed by atoms with Gasteiger partial charge in [-0.1, -0.05) is 36.4 Å². The average Bonchev–Trinajstić information content (AvgIpc) is 3.02. The maximum atomic E-state index is 15.0. The van der Waals surface area contributed by atoms with Crippen molar-refractivity contribution in [2.24, 2.45) is 0 Å². The van der Waals surface area contributed by atoms with E-state index in [1.54, 1.807) is 13.2 Å². The van der Waals surface area contributed by atoms with Crippen molar-refractivity contribution >= 4 is 5.91 Å². The van der Waals surface area contributed by atoms with Crippen LogP contribution in [0.25, 0.3) is 11.1 Å². The molecule has 2 heterocycles. The summed E-state index contributed by atoms with van der Waals surface area (Å²) in [7, 11) is 1.75. The Morgan fingerprint density at radius 1 is 0.907 bits per heavy atom. The van der Waals surface area contributed by atoms with E-state index in [0.29, 0.717) is 23.7 Å². The van der Waals surface area contributed by atoms with Gasteiger partial charge >= 0.3 is 0 Å². The van der Waals surface area contributed by atoms with Gasteiger partial charge in [0.2, 0.25) is 0 Å². The fraction of sp³-hybridized carbons (Fsp3) is 0.457. The maximum absolute atomic E-state index is 15.0. The van der Waals surface area contributed by atoms with Crippen molar-refractivity contribution in [1.29, 1.82) is 0 Å². The predicted octanol–water partition coefficient (Wildman–Crippen LogP) is 4.37. The van der Waals surface area contributed by atoms with E-state index in [1.165, 1.54) is 11.6 Å². The number of hydrogen-bond acceptors (Lipinski definition) is 6. The molecule has 0 aliphatic carbocycles. The molecule has 0 radical (unpaired) electrons. The van der Waals surface area contributed by atoms with Crippen molar-refractivity contribution in [3.8, 4) is 11.1 Å². The Morgan fingerprint density at radius 3 is 2.44 bits per heavy atom. The van der Waals surface area contributed by atoms with E-state index in [-0.39, 0.29) is 11.7 Å². The molecule has 1 amide bonds. The number of carbonyl (C=O) groups excluding carboxylic acids is 1. The fourth-order valence-electron chi connectivity index (χ4n) is 6.11. The van der Waals surface area contributed by atoms with Crippen LogP contribution < -0.4 is 10.6 Å². The minimum absolute atomic E-state index is 0.122. The molecule has 3 aromatic rings. The van der Waals surface area contributed by atoms with Crippen LogP contribution in [0.15, 0.2) is 66.7 Å². The molecule has 0 bridgehead atoms. The van der Waals surface area contributed by atoms with Gasteiger partial charge in [-0.2, -0.15) is 0 Å². The third-order valence-corrected chi connectivity index (χ3v) is 8.46. The minimum atomic E-state index is -0.258. The molecule has 3 aromatic carbocycles. The van der Waals surface area contributed by atoms with Crippen molar-refractivity contribution in [2.75, 3.05) is 66.1 Å². The molecule has 2 N–H and O–H groups in total. The number of amides is 1. The van der Waals surface area contributed by atoms with E-state index >= 15 is 0 Å². The second kappa shape index (κ2) is 15.5. The van der Waals surface area contributed by atoms with Crippen LogP contribution >= 0.6 is 0 Å². The molecule has 7 nitrogen and oxygen atoms in total. The van der Waals surface area contributed by atoms with Crippen molar-refractivity contribution in [2.45, 2.75) is 39.0 Å². The van der Waals surface area contributed by atoms with Gasteiger partial charge in [0.25, 0.3) is 5.91 Å². The van der Waals surface area contributed by atoms with Crippen LogP contribution in [0.4, 0.5) is 4.39 Å². The second-order valence-corrected chi connectivity index (χ2v) is 12.0. The molecular formula is C35H46FN5O2. The molecule has 5 rings (SSSR count). The first-order valence-corrected chi connectivity index (χ1v) is 15.6. The van der Waals surface area contributed by atoms with Crippen LogP contribution in [-0.4, -0.2) is 92.7 Å². The number of hydrogen-bond donors (Lipinski definition) is 2. The van der Waals surface area contributed by atoms with E-state index in [1.807, 2.05) is 36.4 Å². The number of benzene rings is 3. The lowest BCUT2D eigenvalue weighted by molar-refractivity contribution is 0.0950. The van der Waals surface area contributed by atoms with Gasteiger partial charge in [-0.25, -0.2) is 4.39 Å². The Hall–Kier alpha value is -3.14. The minimum Gasteiger partial charge on any atom is -0.385 e. The average molecular weight is 588 g/mol. The molecular weight excluding hydrogens is 541 g/mol. The van der Waals surface area contributed by atoms with Crippen LogP contribution in [0.3, 0.4) is 0 Å². The van der Waals surface area contributed by atoms with Crippen molar-refractivity contribution in [1.82, 2.24) is 25.3 Å². The van der Waals surface area contributed by atoms with E-state index in [0.717, 1.165) is 95.2 Å². The lowest BCUT2D eigenvalue weighted by Crippen LogP contribution is -2.48. The zero-order chi connectivity index (χ0) is 30.0. The van der Waals surface area contributed by atoms with Gasteiger partial charge in [0.15, 0.2) is 0 Å². The molecule has 0 unspecified atom stereocenters. The zero-order valence-electron chi connectivity index (χ0n) is 25.7. The van der Waals surface area contributed by atoms with Crippen LogP contribution in [0.1, 0.15) is 40.4 Å². The SMILES string of the molecule is COCCCN1CCN(Cc2cccc(C(=O)NCc3ccc(F)c(-c4cccc(CN5CCN[C@@H](C)C5)c4)c3)c2)CC1. The van der Waals surface area contributed by atoms with Crippen LogP contribution in [0.2, 0.25) is 0 Å². The standard InChI is InChI=1S/C35H46FN5O2/c1-27-24-41(14-12-37-27)26-29-6-3-8-31(20-29)33-22-28(10-11-34(33)36)23-38-35(42)32-9-4-7-30(21-32)25-40-17-15-39(16-18-40)13-5-19-43-2/h3-4,6-11,20-22,27,37H,5,12-19,23-26H2,1-2H3,(H,38,42)/t27-/m0/s1. The molecule has 0 aromatic heterocycles. The number of carbonyl (C=O) groups is 1. The highest BCUT2D eigenvalue weighted by Crippen LogP contribution is 2.26. The number of methoxy groups -OCH3 is 1. The van der Waals surface area contributed by atoms with Crippen molar-refractivity contribution in [3.05, 3.63) is 94.8 Å². The van der Waals surface area contributed by atoms with E-state index in [4.69, 9.17) is 4.74 Å². The third kappa shape index (κ3) is 9.17. The summed E-state index contributed by atoms with van der Waals surface area (Å²) in [5, 5.41) is 6.52. The van der Waals surface area contributed by atoms with Crippen LogP contribution in [-0.2, 0) is 24.4 Å². The van der Waals surface area contributed by atoms with E-state index in [2.05, 4.69) is 50.5 Å². The number of rotatable bonds is 12. The molecule has 2 aliphatic rings. The topological polar surface area (TPSA) is 60.1 Å². The highest BCUT2D eigenvalue weighted by atomic mass is 19.1. The summed E-state index contributed by atoms with van der Waals surface area (Å²) in [5.74, 6) is -0.380. The number of piperazine rings is 2. The van der Waals surface area contributed by atoms with Gasteiger partial charge < -0.3 is 20.3 Å². The highest BCUT2D eigenvalue weighted by molar-refractivity contribution is 5.94. The normalized spacial score (nSPS) is 18.5. The highest BCUT2D eigenvalue weighted by Gasteiger charge is 2.18. The van der Waals surface area contributed by atoms with Gasteiger partial charge in [0.1, 0.15) is 5.82 Å². The smallest absolute Gasteiger partial charge is 0.251 e. The summed E-state index contributed by atoms with van der Waals surface area (Å²) >= 11 is 0. The summed E-state index contributed by atoms with van der Waals surface area (Å²) in [6.45, 7) is 13.3. The maximum Gasteiger partial charge on any atom is 0.251 e. The molecule has 230 valence electrons. The quantitative estimate of drug-likeness (QED) is 0.307. The number of halogens is 1. The third-order valence-electron chi connectivity index (χ3n) is 8.46. The molecule has 2 fully saturated rings. The fourth-order valence-corrected chi connectivity index (χ4v) is 6.11. The van der Waals surface area contributed by atoms with Gasteiger partial charge in [0, 0.05) is 103 Å². The number of ether oxygens (including phenoxy) is 1. The summed E-state index contributed by atoms with van der Waals surface area (Å²) in [6.07, 6.45) is 1.07. The lowest BCUT2D eigenvalue weighted by atomic mass is 10.00. The first-order chi connectivity index (χ1) is 21.0. The summed E-state index contributed by atoms with van der Waals surface area (Å²) < 4.78 is 20.1. The number of nitrogens with one attached hydrogen (secondary N) is 2. The van der Waals surface area contributed by atoms with Gasteiger partial charge in [-0.05, 0) is 65.9 Å². The van der Waals surface area contributed by atoms with E-state index in [9.17, 15) is 9.18 Å². The molecule has 0 spiro atoms. The van der Waals surface area contributed by atoms with Gasteiger partial charge in [-0.15, -0.1) is 0 Å². The molecule has 2 aliphatic heterocycles. The Balaban J connectivity index is 1.15. The Morgan fingerprint density at radius 2 is 1.65 bits per heavy atom. The predicted molar refractivity (Wildman–Crippen MR) is 170 cm³/mol.